The molecule has 0 aliphatic carbocycles. The zero-order chi connectivity index (χ0) is 13.8. The molecule has 0 atom stereocenters. The highest BCUT2D eigenvalue weighted by Crippen LogP contribution is 2.08. The molecule has 112 valence electrons. The number of aromatic nitrogens is 4. The van der Waals surface area contributed by atoms with E-state index in [9.17, 15) is 0 Å². The minimum atomic E-state index is 0. The van der Waals surface area contributed by atoms with E-state index in [1.165, 1.54) is 16.8 Å². The molecule has 0 aliphatic rings. The van der Waals surface area contributed by atoms with E-state index in [2.05, 4.69) is 42.5 Å². The van der Waals surface area contributed by atoms with E-state index >= 15 is 0 Å². The van der Waals surface area contributed by atoms with Crippen LogP contribution in [0.1, 0.15) is 35.9 Å². The Hall–Kier alpha value is -1.33. The van der Waals surface area contributed by atoms with Crippen LogP contribution >= 0.6 is 12.4 Å². The molecule has 0 bridgehead atoms. The van der Waals surface area contributed by atoms with Gasteiger partial charge in [-0.1, -0.05) is 6.92 Å². The first-order chi connectivity index (χ1) is 9.11. The van der Waals surface area contributed by atoms with Crippen LogP contribution in [0.3, 0.4) is 0 Å². The summed E-state index contributed by atoms with van der Waals surface area (Å²) in [6.45, 7) is 9.00. The van der Waals surface area contributed by atoms with E-state index < -0.39 is 0 Å². The van der Waals surface area contributed by atoms with Crippen molar-refractivity contribution in [3.63, 3.8) is 0 Å². The Balaban J connectivity index is 0.00000200. The van der Waals surface area contributed by atoms with Gasteiger partial charge in [0.05, 0.1) is 17.6 Å². The standard InChI is InChI=1S/C14H23N5.ClH/c1-5-6-19-10-13(12(3)17-19)8-15-9-14-11(2)7-16-18(14)4;/h7,10,15H,5-6,8-9H2,1-4H3;1H. The van der Waals surface area contributed by atoms with Crippen molar-refractivity contribution in [1.29, 1.82) is 0 Å². The molecule has 2 aromatic heterocycles. The molecule has 2 aromatic rings. The number of nitrogens with one attached hydrogen (secondary N) is 1. The first-order valence-electron chi connectivity index (χ1n) is 6.83. The minimum absolute atomic E-state index is 0. The van der Waals surface area contributed by atoms with Crippen LogP contribution in [0.15, 0.2) is 12.4 Å². The van der Waals surface area contributed by atoms with Crippen LogP contribution in [0.4, 0.5) is 0 Å². The van der Waals surface area contributed by atoms with Gasteiger partial charge in [-0.05, 0) is 25.8 Å². The summed E-state index contributed by atoms with van der Waals surface area (Å²) >= 11 is 0. The molecule has 0 aliphatic heterocycles. The van der Waals surface area contributed by atoms with E-state index in [4.69, 9.17) is 0 Å². The third-order valence-corrected chi connectivity index (χ3v) is 3.38. The molecule has 0 radical (unpaired) electrons. The first-order valence-corrected chi connectivity index (χ1v) is 6.83. The molecule has 0 fully saturated rings. The lowest BCUT2D eigenvalue weighted by atomic mass is 10.2. The zero-order valence-electron chi connectivity index (χ0n) is 12.7. The second-order valence-electron chi connectivity index (χ2n) is 5.00. The first kappa shape index (κ1) is 16.7. The van der Waals surface area contributed by atoms with Gasteiger partial charge in [0.15, 0.2) is 0 Å². The molecule has 0 amide bonds. The summed E-state index contributed by atoms with van der Waals surface area (Å²) in [6.07, 6.45) is 5.16. The van der Waals surface area contributed by atoms with Gasteiger partial charge in [-0.3, -0.25) is 9.36 Å². The van der Waals surface area contributed by atoms with Crippen molar-refractivity contribution in [3.8, 4) is 0 Å². The van der Waals surface area contributed by atoms with Crippen molar-refractivity contribution in [3.05, 3.63) is 34.9 Å². The van der Waals surface area contributed by atoms with Crippen LogP contribution < -0.4 is 5.32 Å². The van der Waals surface area contributed by atoms with Crippen molar-refractivity contribution in [1.82, 2.24) is 24.9 Å². The van der Waals surface area contributed by atoms with Gasteiger partial charge in [-0.15, -0.1) is 12.4 Å². The van der Waals surface area contributed by atoms with Crippen molar-refractivity contribution < 1.29 is 0 Å². The number of nitrogens with zero attached hydrogens (tertiary/aromatic N) is 4. The molecule has 0 spiro atoms. The Morgan fingerprint density at radius 3 is 2.60 bits per heavy atom. The maximum Gasteiger partial charge on any atom is 0.0638 e. The lowest BCUT2D eigenvalue weighted by molar-refractivity contribution is 0.596. The maximum absolute atomic E-state index is 4.51. The average Bonchev–Trinajstić information content (AvgIpc) is 2.87. The molecule has 5 nitrogen and oxygen atoms in total. The third kappa shape index (κ3) is 3.84. The number of aryl methyl sites for hydroxylation is 4. The number of hydrogen-bond acceptors (Lipinski definition) is 3. The van der Waals surface area contributed by atoms with Gasteiger partial charge in [-0.25, -0.2) is 0 Å². The van der Waals surface area contributed by atoms with E-state index in [0.29, 0.717) is 0 Å². The van der Waals surface area contributed by atoms with Crippen LogP contribution in [0, 0.1) is 13.8 Å². The van der Waals surface area contributed by atoms with Gasteiger partial charge in [0.1, 0.15) is 0 Å². The minimum Gasteiger partial charge on any atom is -0.307 e. The Labute approximate surface area is 126 Å². The highest BCUT2D eigenvalue weighted by molar-refractivity contribution is 5.85. The molecule has 2 rings (SSSR count). The van der Waals surface area contributed by atoms with Gasteiger partial charge in [0, 0.05) is 38.4 Å². The Kier molecular flexibility index (Phi) is 6.23. The van der Waals surface area contributed by atoms with Gasteiger partial charge in [0.25, 0.3) is 0 Å². The van der Waals surface area contributed by atoms with Gasteiger partial charge < -0.3 is 5.32 Å². The lowest BCUT2D eigenvalue weighted by Crippen LogP contribution is -2.16. The highest BCUT2D eigenvalue weighted by Gasteiger charge is 2.06. The molecule has 0 unspecified atom stereocenters. The summed E-state index contributed by atoms with van der Waals surface area (Å²) in [4.78, 5) is 0. The summed E-state index contributed by atoms with van der Waals surface area (Å²) in [7, 11) is 1.98. The van der Waals surface area contributed by atoms with Crippen LogP contribution in [-0.2, 0) is 26.7 Å². The van der Waals surface area contributed by atoms with Crippen molar-refractivity contribution in [2.75, 3.05) is 0 Å². The monoisotopic (exact) mass is 297 g/mol. The van der Waals surface area contributed by atoms with E-state index in [1.54, 1.807) is 0 Å². The molecule has 20 heavy (non-hydrogen) atoms. The summed E-state index contributed by atoms with van der Waals surface area (Å²) in [5.41, 5.74) is 4.85. The predicted molar refractivity (Wildman–Crippen MR) is 83.0 cm³/mol. The van der Waals surface area contributed by atoms with Crippen molar-refractivity contribution >= 4 is 12.4 Å². The van der Waals surface area contributed by atoms with Gasteiger partial charge in [0.2, 0.25) is 0 Å². The molecular weight excluding hydrogens is 274 g/mol. The Morgan fingerprint density at radius 1 is 1.25 bits per heavy atom. The molecule has 0 saturated heterocycles. The largest absolute Gasteiger partial charge is 0.307 e. The molecule has 2 heterocycles. The molecule has 1 N–H and O–H groups in total. The third-order valence-electron chi connectivity index (χ3n) is 3.38. The number of rotatable bonds is 6. The van der Waals surface area contributed by atoms with Crippen LogP contribution in [0.25, 0.3) is 0 Å². The fourth-order valence-electron chi connectivity index (χ4n) is 2.22. The normalized spacial score (nSPS) is 10.6. The fourth-order valence-corrected chi connectivity index (χ4v) is 2.22. The smallest absolute Gasteiger partial charge is 0.0638 e. The van der Waals surface area contributed by atoms with Crippen LogP contribution in [0.2, 0.25) is 0 Å². The van der Waals surface area contributed by atoms with Crippen molar-refractivity contribution in [2.45, 2.75) is 46.8 Å². The fraction of sp³-hybridized carbons (Fsp3) is 0.571. The highest BCUT2D eigenvalue weighted by atomic mass is 35.5. The quantitative estimate of drug-likeness (QED) is 0.890. The second kappa shape index (κ2) is 7.45. The summed E-state index contributed by atoms with van der Waals surface area (Å²) in [6, 6.07) is 0. The van der Waals surface area contributed by atoms with E-state index in [-0.39, 0.29) is 12.4 Å². The number of halogens is 1. The lowest BCUT2D eigenvalue weighted by Gasteiger charge is -2.05. The van der Waals surface area contributed by atoms with Gasteiger partial charge in [-0.2, -0.15) is 10.2 Å². The Morgan fingerprint density at radius 2 is 2.00 bits per heavy atom. The average molecular weight is 298 g/mol. The van der Waals surface area contributed by atoms with Gasteiger partial charge >= 0.3 is 0 Å². The predicted octanol–water partition coefficient (Wildman–Crippen LogP) is 2.36. The molecule has 0 aromatic carbocycles. The molecule has 0 saturated carbocycles. The number of hydrogen-bond donors (Lipinski definition) is 1. The summed E-state index contributed by atoms with van der Waals surface area (Å²) in [5.74, 6) is 0. The topological polar surface area (TPSA) is 47.7 Å². The Bertz CT molecular complexity index is 524. The summed E-state index contributed by atoms with van der Waals surface area (Å²) in [5, 5.41) is 12.2. The SMILES string of the molecule is CCCn1cc(CNCc2c(C)cnn2C)c(C)n1.Cl. The second-order valence-corrected chi connectivity index (χ2v) is 5.00. The maximum atomic E-state index is 4.51. The molecular formula is C14H24ClN5. The van der Waals surface area contributed by atoms with E-state index in [1.807, 2.05) is 22.6 Å². The summed E-state index contributed by atoms with van der Waals surface area (Å²) < 4.78 is 3.96. The van der Waals surface area contributed by atoms with Crippen LogP contribution in [0.5, 0.6) is 0 Å². The van der Waals surface area contributed by atoms with Crippen LogP contribution in [-0.4, -0.2) is 19.6 Å². The van der Waals surface area contributed by atoms with E-state index in [0.717, 1.165) is 31.7 Å². The zero-order valence-corrected chi connectivity index (χ0v) is 13.5. The van der Waals surface area contributed by atoms with Crippen molar-refractivity contribution in [2.24, 2.45) is 7.05 Å². The molecule has 6 heteroatoms.